The number of nitrogens with one attached hydrogen (secondary N) is 1. The lowest BCUT2D eigenvalue weighted by molar-refractivity contribution is -0.277. The van der Waals surface area contributed by atoms with Gasteiger partial charge in [-0.25, -0.2) is 0 Å². The van der Waals surface area contributed by atoms with Gasteiger partial charge in [-0.05, 0) is 30.7 Å². The number of hydrogen-bond donors (Lipinski definition) is 5. The zero-order valence-electron chi connectivity index (χ0n) is 23.9. The lowest BCUT2D eigenvalue weighted by Gasteiger charge is -2.39. The van der Waals surface area contributed by atoms with Crippen LogP contribution < -0.4 is 10.1 Å². The third kappa shape index (κ3) is 13.5. The molecule has 5 atom stereocenters. The Hall–Kier alpha value is -1.71. The number of rotatable bonds is 21. The first-order chi connectivity index (χ1) is 19.0. The largest absolute Gasteiger partial charge is 0.462 e. The molecule has 1 aliphatic heterocycles. The Morgan fingerprint density at radius 1 is 0.744 bits per heavy atom. The van der Waals surface area contributed by atoms with Crippen molar-refractivity contribution in [2.45, 2.75) is 147 Å². The van der Waals surface area contributed by atoms with Gasteiger partial charge in [0.25, 0.3) is 0 Å². The molecule has 1 aromatic rings. The van der Waals surface area contributed by atoms with Gasteiger partial charge in [0.1, 0.15) is 30.2 Å². The number of ether oxygens (including phenoxy) is 2. The van der Waals surface area contributed by atoms with Gasteiger partial charge in [0.05, 0.1) is 6.61 Å². The Morgan fingerprint density at radius 3 is 1.72 bits per heavy atom. The molecule has 1 aromatic carbocycles. The summed E-state index contributed by atoms with van der Waals surface area (Å²) in [6, 6.07) is 6.60. The van der Waals surface area contributed by atoms with E-state index in [0.29, 0.717) is 17.9 Å². The van der Waals surface area contributed by atoms with E-state index in [4.69, 9.17) is 9.47 Å². The maximum atomic E-state index is 12.3. The van der Waals surface area contributed by atoms with Crippen LogP contribution in [0, 0.1) is 0 Å². The van der Waals surface area contributed by atoms with Gasteiger partial charge in [0.15, 0.2) is 0 Å². The second-order valence-electron chi connectivity index (χ2n) is 10.9. The Balaban J connectivity index is 1.48. The Morgan fingerprint density at radius 2 is 1.23 bits per heavy atom. The van der Waals surface area contributed by atoms with E-state index >= 15 is 0 Å². The SMILES string of the molecule is CCCCCCCCCCCCCCCCCCC(=O)Nc1ccc(O[C@@H]2O[C@H](CO)[C@@H](O)[C@H](O)[C@H]2O)cc1. The lowest BCUT2D eigenvalue weighted by atomic mass is 9.99. The van der Waals surface area contributed by atoms with Crippen LogP contribution in [0.15, 0.2) is 24.3 Å². The smallest absolute Gasteiger partial charge is 0.229 e. The second-order valence-corrected chi connectivity index (χ2v) is 10.9. The summed E-state index contributed by atoms with van der Waals surface area (Å²) in [6.45, 7) is 1.75. The van der Waals surface area contributed by atoms with E-state index in [2.05, 4.69) is 12.2 Å². The minimum Gasteiger partial charge on any atom is -0.462 e. The van der Waals surface area contributed by atoms with Gasteiger partial charge in [0, 0.05) is 12.1 Å². The van der Waals surface area contributed by atoms with Crippen LogP contribution in [0.25, 0.3) is 0 Å². The number of hydrogen-bond acceptors (Lipinski definition) is 7. The van der Waals surface area contributed by atoms with Crippen LogP contribution in [0.4, 0.5) is 5.69 Å². The maximum absolute atomic E-state index is 12.3. The zero-order valence-corrected chi connectivity index (χ0v) is 23.9. The summed E-state index contributed by atoms with van der Waals surface area (Å²) in [7, 11) is 0. The molecule has 1 fully saturated rings. The van der Waals surface area contributed by atoms with Crippen LogP contribution in [0.1, 0.15) is 116 Å². The summed E-state index contributed by atoms with van der Waals surface area (Å²) in [6.07, 6.45) is 14.7. The average Bonchev–Trinajstić information content (AvgIpc) is 2.94. The highest BCUT2D eigenvalue weighted by Gasteiger charge is 2.44. The monoisotopic (exact) mass is 551 g/mol. The molecule has 0 unspecified atom stereocenters. The molecule has 0 spiro atoms. The number of benzene rings is 1. The first kappa shape index (κ1) is 33.5. The topological polar surface area (TPSA) is 128 Å². The van der Waals surface area contributed by atoms with E-state index in [1.165, 1.54) is 89.9 Å². The Kier molecular flexibility index (Phi) is 17.4. The molecular formula is C31H53NO7. The number of carbonyl (C=O) groups excluding carboxylic acids is 1. The minimum atomic E-state index is -1.50. The maximum Gasteiger partial charge on any atom is 0.229 e. The number of carbonyl (C=O) groups is 1. The number of aliphatic hydroxyl groups is 4. The highest BCUT2D eigenvalue weighted by atomic mass is 16.7. The normalized spacial score (nSPS) is 23.1. The number of aliphatic hydroxyl groups excluding tert-OH is 4. The van der Waals surface area contributed by atoms with Gasteiger partial charge in [0.2, 0.25) is 12.2 Å². The first-order valence-electron chi connectivity index (χ1n) is 15.3. The van der Waals surface area contributed by atoms with Gasteiger partial charge in [-0.3, -0.25) is 4.79 Å². The van der Waals surface area contributed by atoms with Gasteiger partial charge in [-0.1, -0.05) is 103 Å². The van der Waals surface area contributed by atoms with Gasteiger partial charge < -0.3 is 35.2 Å². The van der Waals surface area contributed by atoms with E-state index in [1.54, 1.807) is 24.3 Å². The molecule has 0 aromatic heterocycles. The number of amides is 1. The van der Waals surface area contributed by atoms with Gasteiger partial charge in [-0.15, -0.1) is 0 Å². The fraction of sp³-hybridized carbons (Fsp3) is 0.774. The van der Waals surface area contributed by atoms with Crippen LogP contribution in [-0.2, 0) is 9.53 Å². The lowest BCUT2D eigenvalue weighted by Crippen LogP contribution is -2.60. The van der Waals surface area contributed by atoms with Gasteiger partial charge in [-0.2, -0.15) is 0 Å². The second kappa shape index (κ2) is 20.2. The third-order valence-corrected chi connectivity index (χ3v) is 7.50. The first-order valence-corrected chi connectivity index (χ1v) is 15.3. The van der Waals surface area contributed by atoms with E-state index < -0.39 is 37.3 Å². The quantitative estimate of drug-likeness (QED) is 0.128. The van der Waals surface area contributed by atoms with Crippen molar-refractivity contribution < 1.29 is 34.7 Å². The van der Waals surface area contributed by atoms with Crippen molar-refractivity contribution in [1.29, 1.82) is 0 Å². The van der Waals surface area contributed by atoms with E-state index in [1.807, 2.05) is 0 Å². The molecule has 2 rings (SSSR count). The van der Waals surface area contributed by atoms with Crippen molar-refractivity contribution >= 4 is 11.6 Å². The Labute approximate surface area is 235 Å². The van der Waals surface area contributed by atoms with Gasteiger partial charge >= 0.3 is 0 Å². The molecule has 1 aliphatic rings. The summed E-state index contributed by atoms with van der Waals surface area (Å²) in [5.74, 6) is 0.332. The summed E-state index contributed by atoms with van der Waals surface area (Å²) < 4.78 is 10.9. The van der Waals surface area contributed by atoms with Crippen molar-refractivity contribution in [1.82, 2.24) is 0 Å². The molecule has 0 saturated carbocycles. The van der Waals surface area contributed by atoms with E-state index in [0.717, 1.165) is 12.8 Å². The number of unbranched alkanes of at least 4 members (excludes halogenated alkanes) is 15. The van der Waals surface area contributed by atoms with Crippen LogP contribution in [0.2, 0.25) is 0 Å². The van der Waals surface area contributed by atoms with Crippen molar-refractivity contribution in [2.24, 2.45) is 0 Å². The fourth-order valence-corrected chi connectivity index (χ4v) is 4.97. The molecule has 8 nitrogen and oxygen atoms in total. The molecule has 224 valence electrons. The summed E-state index contributed by atoms with van der Waals surface area (Å²) >= 11 is 0. The molecule has 0 radical (unpaired) electrons. The molecule has 0 aliphatic carbocycles. The van der Waals surface area contributed by atoms with Crippen LogP contribution >= 0.6 is 0 Å². The molecule has 8 heteroatoms. The Bertz CT molecular complexity index is 758. The molecule has 5 N–H and O–H groups in total. The number of anilines is 1. The molecular weight excluding hydrogens is 498 g/mol. The van der Waals surface area contributed by atoms with Crippen molar-refractivity contribution in [3.63, 3.8) is 0 Å². The fourth-order valence-electron chi connectivity index (χ4n) is 4.97. The summed E-state index contributed by atoms with van der Waals surface area (Å²) in [4.78, 5) is 12.3. The average molecular weight is 552 g/mol. The van der Waals surface area contributed by atoms with Crippen molar-refractivity contribution in [2.75, 3.05) is 11.9 Å². The minimum absolute atomic E-state index is 0.0250. The highest BCUT2D eigenvalue weighted by molar-refractivity contribution is 5.90. The predicted octanol–water partition coefficient (Wildman–Crippen LogP) is 5.46. The molecule has 0 bridgehead atoms. The molecule has 1 saturated heterocycles. The van der Waals surface area contributed by atoms with E-state index in [-0.39, 0.29) is 5.91 Å². The zero-order chi connectivity index (χ0) is 28.3. The molecule has 39 heavy (non-hydrogen) atoms. The van der Waals surface area contributed by atoms with Crippen LogP contribution in [0.5, 0.6) is 5.75 Å². The third-order valence-electron chi connectivity index (χ3n) is 7.50. The van der Waals surface area contributed by atoms with Crippen molar-refractivity contribution in [3.8, 4) is 5.75 Å². The van der Waals surface area contributed by atoms with Crippen molar-refractivity contribution in [3.05, 3.63) is 24.3 Å². The summed E-state index contributed by atoms with van der Waals surface area (Å²) in [5.41, 5.74) is 0.637. The standard InChI is InChI=1S/C31H53NO7/c1-2-3-4-5-6-7-8-9-10-11-12-13-14-15-16-17-18-27(34)32-24-19-21-25(22-20-24)38-31-30(37)29(36)28(35)26(23-33)39-31/h19-22,26,28-31,33,35-37H,2-18,23H2,1H3,(H,32,34)/t26-,28-,29+,30-,31-/m1/s1. The van der Waals surface area contributed by atoms with Crippen LogP contribution in [0.3, 0.4) is 0 Å². The van der Waals surface area contributed by atoms with Crippen LogP contribution in [-0.4, -0.2) is 63.6 Å². The van der Waals surface area contributed by atoms with E-state index in [9.17, 15) is 25.2 Å². The highest BCUT2D eigenvalue weighted by Crippen LogP contribution is 2.25. The molecule has 1 heterocycles. The summed E-state index contributed by atoms with van der Waals surface area (Å²) in [5, 5.41) is 42.0. The predicted molar refractivity (Wildman–Crippen MR) is 154 cm³/mol. The molecule has 1 amide bonds.